The van der Waals surface area contributed by atoms with Crippen LogP contribution in [0.5, 0.6) is 0 Å². The Morgan fingerprint density at radius 2 is 1.86 bits per heavy atom. The van der Waals surface area contributed by atoms with Gasteiger partial charge in [0.25, 0.3) is 0 Å². The molecular formula is C9H10F2N2O. The molecule has 2 rings (SSSR count). The SMILES string of the molecule is NC1(c2c(F)cncc2F)CC(O)C1. The summed E-state index contributed by atoms with van der Waals surface area (Å²) in [6.45, 7) is 0. The minimum absolute atomic E-state index is 0.169. The van der Waals surface area contributed by atoms with E-state index < -0.39 is 23.3 Å². The van der Waals surface area contributed by atoms with Crippen molar-refractivity contribution in [3.63, 3.8) is 0 Å². The highest BCUT2D eigenvalue weighted by Crippen LogP contribution is 2.40. The number of rotatable bonds is 1. The van der Waals surface area contributed by atoms with E-state index >= 15 is 0 Å². The van der Waals surface area contributed by atoms with Gasteiger partial charge >= 0.3 is 0 Å². The van der Waals surface area contributed by atoms with E-state index in [1.165, 1.54) is 0 Å². The van der Waals surface area contributed by atoms with Gasteiger partial charge in [0.2, 0.25) is 0 Å². The molecule has 3 N–H and O–H groups in total. The topological polar surface area (TPSA) is 59.1 Å². The normalized spacial score (nSPS) is 31.3. The molecule has 0 aromatic carbocycles. The van der Waals surface area contributed by atoms with Crippen molar-refractivity contribution in [3.05, 3.63) is 29.6 Å². The third-order valence-electron chi connectivity index (χ3n) is 2.55. The van der Waals surface area contributed by atoms with Crippen LogP contribution in [0.15, 0.2) is 12.4 Å². The molecule has 3 nitrogen and oxygen atoms in total. The van der Waals surface area contributed by atoms with E-state index in [1.807, 2.05) is 0 Å². The molecule has 1 fully saturated rings. The first-order valence-corrected chi connectivity index (χ1v) is 4.29. The zero-order chi connectivity index (χ0) is 10.3. The summed E-state index contributed by atoms with van der Waals surface area (Å²) < 4.78 is 26.5. The monoisotopic (exact) mass is 200 g/mol. The fraction of sp³-hybridized carbons (Fsp3) is 0.444. The maximum Gasteiger partial charge on any atom is 0.149 e. The van der Waals surface area contributed by atoms with Gasteiger partial charge in [0, 0.05) is 5.56 Å². The number of halogens is 2. The number of nitrogens with zero attached hydrogens (tertiary/aromatic N) is 1. The van der Waals surface area contributed by atoms with Crippen LogP contribution in [0.1, 0.15) is 18.4 Å². The lowest BCUT2D eigenvalue weighted by molar-refractivity contribution is 0.0174. The van der Waals surface area contributed by atoms with Crippen LogP contribution in [0.3, 0.4) is 0 Å². The summed E-state index contributed by atoms with van der Waals surface area (Å²) in [4.78, 5) is 3.37. The van der Waals surface area contributed by atoms with Gasteiger partial charge in [-0.2, -0.15) is 0 Å². The van der Waals surface area contributed by atoms with Crippen LogP contribution < -0.4 is 5.73 Å². The molecule has 0 radical (unpaired) electrons. The number of nitrogens with two attached hydrogens (primary N) is 1. The van der Waals surface area contributed by atoms with Crippen molar-refractivity contribution < 1.29 is 13.9 Å². The Morgan fingerprint density at radius 3 is 2.29 bits per heavy atom. The van der Waals surface area contributed by atoms with Gasteiger partial charge in [-0.15, -0.1) is 0 Å². The molecular weight excluding hydrogens is 190 g/mol. The quantitative estimate of drug-likeness (QED) is 0.700. The highest BCUT2D eigenvalue weighted by molar-refractivity contribution is 5.28. The molecule has 5 heteroatoms. The Balaban J connectivity index is 2.41. The maximum atomic E-state index is 13.2. The number of aliphatic hydroxyl groups excluding tert-OH is 1. The predicted molar refractivity (Wildman–Crippen MR) is 45.3 cm³/mol. The van der Waals surface area contributed by atoms with Gasteiger partial charge in [0.05, 0.1) is 24.0 Å². The number of aliphatic hydroxyl groups is 1. The molecule has 0 atom stereocenters. The zero-order valence-corrected chi connectivity index (χ0v) is 7.37. The number of pyridine rings is 1. The van der Waals surface area contributed by atoms with Gasteiger partial charge < -0.3 is 10.8 Å². The third kappa shape index (κ3) is 1.29. The number of hydrogen-bond donors (Lipinski definition) is 2. The van der Waals surface area contributed by atoms with Crippen molar-refractivity contribution in [1.82, 2.24) is 4.98 Å². The van der Waals surface area contributed by atoms with E-state index in [4.69, 9.17) is 10.8 Å². The van der Waals surface area contributed by atoms with Crippen molar-refractivity contribution >= 4 is 0 Å². The van der Waals surface area contributed by atoms with E-state index in [2.05, 4.69) is 4.98 Å². The number of hydrogen-bond acceptors (Lipinski definition) is 3. The number of aromatic nitrogens is 1. The van der Waals surface area contributed by atoms with E-state index in [1.54, 1.807) is 0 Å². The summed E-state index contributed by atoms with van der Waals surface area (Å²) in [6.07, 6.45) is 1.66. The molecule has 14 heavy (non-hydrogen) atoms. The molecule has 1 aromatic rings. The van der Waals surface area contributed by atoms with Crippen LogP contribution in [0.4, 0.5) is 8.78 Å². The average Bonchev–Trinajstić information content (AvgIpc) is 2.00. The lowest BCUT2D eigenvalue weighted by Crippen LogP contribution is -2.52. The summed E-state index contributed by atoms with van der Waals surface area (Å²) in [5.41, 5.74) is 4.51. The van der Waals surface area contributed by atoms with E-state index in [0.29, 0.717) is 0 Å². The Morgan fingerprint density at radius 1 is 1.36 bits per heavy atom. The Bertz CT molecular complexity index is 344. The van der Waals surface area contributed by atoms with E-state index in [-0.39, 0.29) is 18.4 Å². The molecule has 0 bridgehead atoms. The molecule has 1 saturated carbocycles. The van der Waals surface area contributed by atoms with Crippen LogP contribution in [-0.4, -0.2) is 16.2 Å². The minimum Gasteiger partial charge on any atom is -0.393 e. The Labute approximate surface area is 79.6 Å². The van der Waals surface area contributed by atoms with Gasteiger partial charge in [-0.3, -0.25) is 4.98 Å². The molecule has 1 heterocycles. The van der Waals surface area contributed by atoms with Crippen molar-refractivity contribution in [3.8, 4) is 0 Å². The Hall–Kier alpha value is -1.07. The summed E-state index contributed by atoms with van der Waals surface area (Å²) in [5, 5.41) is 9.09. The van der Waals surface area contributed by atoms with Crippen LogP contribution in [0.2, 0.25) is 0 Å². The van der Waals surface area contributed by atoms with Gasteiger partial charge in [0.1, 0.15) is 11.6 Å². The van der Waals surface area contributed by atoms with Crippen molar-refractivity contribution in [1.29, 1.82) is 0 Å². The first-order chi connectivity index (χ1) is 6.53. The van der Waals surface area contributed by atoms with Gasteiger partial charge in [-0.1, -0.05) is 0 Å². The second-order valence-corrected chi connectivity index (χ2v) is 3.70. The second-order valence-electron chi connectivity index (χ2n) is 3.70. The molecule has 0 spiro atoms. The lowest BCUT2D eigenvalue weighted by atomic mass is 9.70. The molecule has 0 unspecified atom stereocenters. The van der Waals surface area contributed by atoms with Crippen molar-refractivity contribution in [2.75, 3.05) is 0 Å². The summed E-state index contributed by atoms with van der Waals surface area (Å²) >= 11 is 0. The highest BCUT2D eigenvalue weighted by atomic mass is 19.1. The first kappa shape index (κ1) is 9.48. The standard InChI is InChI=1S/C9H10F2N2O/c10-6-3-13-4-7(11)8(6)9(12)1-5(14)2-9/h3-5,14H,1-2,12H2. The molecule has 1 aliphatic rings. The molecule has 0 amide bonds. The smallest absolute Gasteiger partial charge is 0.149 e. The summed E-state index contributed by atoms with van der Waals surface area (Å²) in [5.74, 6) is -1.50. The van der Waals surface area contributed by atoms with E-state index in [9.17, 15) is 8.78 Å². The van der Waals surface area contributed by atoms with Crippen LogP contribution in [0, 0.1) is 11.6 Å². The molecule has 0 saturated heterocycles. The second kappa shape index (κ2) is 2.96. The minimum atomic E-state index is -1.07. The molecule has 0 aliphatic heterocycles. The fourth-order valence-electron chi connectivity index (χ4n) is 1.87. The van der Waals surface area contributed by atoms with Crippen molar-refractivity contribution in [2.24, 2.45) is 5.73 Å². The zero-order valence-electron chi connectivity index (χ0n) is 7.37. The van der Waals surface area contributed by atoms with Crippen LogP contribution >= 0.6 is 0 Å². The van der Waals surface area contributed by atoms with Gasteiger partial charge in [0.15, 0.2) is 0 Å². The molecule has 1 aromatic heterocycles. The van der Waals surface area contributed by atoms with Crippen molar-refractivity contribution in [2.45, 2.75) is 24.5 Å². The first-order valence-electron chi connectivity index (χ1n) is 4.29. The lowest BCUT2D eigenvalue weighted by Gasteiger charge is -2.42. The summed E-state index contributed by atoms with van der Waals surface area (Å²) in [6, 6.07) is 0. The average molecular weight is 200 g/mol. The van der Waals surface area contributed by atoms with Gasteiger partial charge in [-0.25, -0.2) is 8.78 Å². The fourth-order valence-corrected chi connectivity index (χ4v) is 1.87. The molecule has 1 aliphatic carbocycles. The van der Waals surface area contributed by atoms with E-state index in [0.717, 1.165) is 12.4 Å². The molecule has 76 valence electrons. The van der Waals surface area contributed by atoms with Crippen LogP contribution in [-0.2, 0) is 5.54 Å². The summed E-state index contributed by atoms with van der Waals surface area (Å²) in [7, 11) is 0. The Kier molecular flexibility index (Phi) is 2.01. The third-order valence-corrected chi connectivity index (χ3v) is 2.55. The largest absolute Gasteiger partial charge is 0.393 e. The van der Waals surface area contributed by atoms with Crippen LogP contribution in [0.25, 0.3) is 0 Å². The maximum absolute atomic E-state index is 13.2. The highest BCUT2D eigenvalue weighted by Gasteiger charge is 2.44. The van der Waals surface area contributed by atoms with Gasteiger partial charge in [-0.05, 0) is 12.8 Å². The predicted octanol–water partition coefficient (Wildman–Crippen LogP) is 0.669.